The van der Waals surface area contributed by atoms with Crippen LogP contribution in [0.2, 0.25) is 0 Å². The van der Waals surface area contributed by atoms with E-state index < -0.39 is 5.97 Å². The molecule has 0 amide bonds. The van der Waals surface area contributed by atoms with Gasteiger partial charge in [0.15, 0.2) is 0 Å². The second-order valence-electron chi connectivity index (χ2n) is 3.70. The van der Waals surface area contributed by atoms with Crippen LogP contribution < -0.4 is 0 Å². The Balaban J connectivity index is 2.70. The van der Waals surface area contributed by atoms with E-state index in [1.165, 1.54) is 0 Å². The summed E-state index contributed by atoms with van der Waals surface area (Å²) in [6, 6.07) is 10.4. The lowest BCUT2D eigenvalue weighted by atomic mass is 10.1. The molecule has 84 valence electrons. The van der Waals surface area contributed by atoms with Crippen molar-refractivity contribution in [2.24, 2.45) is 0 Å². The quantitative estimate of drug-likeness (QED) is 0.854. The van der Waals surface area contributed by atoms with Crippen molar-refractivity contribution in [1.82, 2.24) is 4.57 Å². The number of aromatic carboxylic acids is 1. The number of carbonyl (C=O) groups is 1. The number of carboxylic acid groups (broad SMARTS) is 1. The van der Waals surface area contributed by atoms with Gasteiger partial charge in [-0.15, -0.1) is 0 Å². The van der Waals surface area contributed by atoms with Crippen LogP contribution in [0.15, 0.2) is 36.5 Å². The molecule has 0 radical (unpaired) electrons. The zero-order valence-corrected chi connectivity index (χ0v) is 9.21. The number of hydrogen-bond acceptors (Lipinski definition) is 2. The first-order chi connectivity index (χ1) is 8.13. The standard InChI is InChI=1S/C13H10N2O2/c1-9-4-5-11(13(16)17)12(7-9)15-6-2-3-10(15)8-14/h2-7H,1H3,(H,16,17). The van der Waals surface area contributed by atoms with Crippen molar-refractivity contribution in [3.05, 3.63) is 53.3 Å². The predicted molar refractivity (Wildman–Crippen MR) is 62.2 cm³/mol. The minimum Gasteiger partial charge on any atom is -0.478 e. The number of hydrogen-bond donors (Lipinski definition) is 1. The topological polar surface area (TPSA) is 66.0 Å². The summed E-state index contributed by atoms with van der Waals surface area (Å²) < 4.78 is 1.58. The van der Waals surface area contributed by atoms with Gasteiger partial charge in [-0.05, 0) is 36.8 Å². The lowest BCUT2D eigenvalue weighted by Gasteiger charge is -2.09. The highest BCUT2D eigenvalue weighted by Gasteiger charge is 2.13. The SMILES string of the molecule is Cc1ccc(C(=O)O)c(-n2cccc2C#N)c1. The normalized spacial score (nSPS) is 9.88. The fourth-order valence-corrected chi connectivity index (χ4v) is 1.70. The van der Waals surface area contributed by atoms with Gasteiger partial charge in [-0.25, -0.2) is 4.79 Å². The minimum atomic E-state index is -1.00. The first-order valence-electron chi connectivity index (χ1n) is 5.05. The Morgan fingerprint density at radius 1 is 1.41 bits per heavy atom. The van der Waals surface area contributed by atoms with Gasteiger partial charge in [0.05, 0.1) is 11.3 Å². The predicted octanol–water partition coefficient (Wildman–Crippen LogP) is 2.36. The number of rotatable bonds is 2. The van der Waals surface area contributed by atoms with Crippen LogP contribution in [0, 0.1) is 18.3 Å². The molecule has 0 fully saturated rings. The summed E-state index contributed by atoms with van der Waals surface area (Å²) in [4.78, 5) is 11.1. The van der Waals surface area contributed by atoms with Gasteiger partial charge in [0.1, 0.15) is 11.8 Å². The number of aromatic nitrogens is 1. The largest absolute Gasteiger partial charge is 0.478 e. The number of aryl methyl sites for hydroxylation is 1. The maximum absolute atomic E-state index is 11.1. The third-order valence-corrected chi connectivity index (χ3v) is 2.51. The molecular weight excluding hydrogens is 216 g/mol. The van der Waals surface area contributed by atoms with Crippen LogP contribution in [0.4, 0.5) is 0 Å². The van der Waals surface area contributed by atoms with Gasteiger partial charge >= 0.3 is 5.97 Å². The summed E-state index contributed by atoms with van der Waals surface area (Å²) in [6.45, 7) is 1.88. The van der Waals surface area contributed by atoms with Gasteiger partial charge in [-0.1, -0.05) is 6.07 Å². The maximum Gasteiger partial charge on any atom is 0.337 e. The van der Waals surface area contributed by atoms with Crippen LogP contribution >= 0.6 is 0 Å². The second kappa shape index (κ2) is 4.14. The van der Waals surface area contributed by atoms with E-state index in [9.17, 15) is 4.79 Å². The number of carboxylic acids is 1. The molecular formula is C13H10N2O2. The van der Waals surface area contributed by atoms with Gasteiger partial charge in [0.25, 0.3) is 0 Å². The molecule has 0 unspecified atom stereocenters. The summed E-state index contributed by atoms with van der Waals surface area (Å²) >= 11 is 0. The Hall–Kier alpha value is -2.54. The van der Waals surface area contributed by atoms with Crippen LogP contribution in [-0.4, -0.2) is 15.6 Å². The van der Waals surface area contributed by atoms with Crippen LogP contribution in [-0.2, 0) is 0 Å². The van der Waals surface area contributed by atoms with Gasteiger partial charge in [-0.2, -0.15) is 5.26 Å². The zero-order chi connectivity index (χ0) is 12.4. The van der Waals surface area contributed by atoms with Crippen molar-refractivity contribution in [1.29, 1.82) is 5.26 Å². The Bertz CT molecular complexity index is 621. The minimum absolute atomic E-state index is 0.184. The first-order valence-corrected chi connectivity index (χ1v) is 5.05. The van der Waals surface area contributed by atoms with Gasteiger partial charge in [0.2, 0.25) is 0 Å². The van der Waals surface area contributed by atoms with Crippen LogP contribution in [0.1, 0.15) is 21.6 Å². The molecule has 0 aliphatic heterocycles. The van der Waals surface area contributed by atoms with E-state index in [0.29, 0.717) is 11.4 Å². The molecule has 0 atom stereocenters. The van der Waals surface area contributed by atoms with E-state index in [2.05, 4.69) is 0 Å². The lowest BCUT2D eigenvalue weighted by molar-refractivity contribution is 0.0697. The van der Waals surface area contributed by atoms with Crippen LogP contribution in [0.25, 0.3) is 5.69 Å². The highest BCUT2D eigenvalue weighted by molar-refractivity contribution is 5.92. The lowest BCUT2D eigenvalue weighted by Crippen LogP contribution is -2.06. The Kier molecular flexibility index (Phi) is 2.67. The van der Waals surface area contributed by atoms with E-state index in [0.717, 1.165) is 5.56 Å². The molecule has 17 heavy (non-hydrogen) atoms. The molecule has 1 heterocycles. The zero-order valence-electron chi connectivity index (χ0n) is 9.21. The maximum atomic E-state index is 11.1. The fourth-order valence-electron chi connectivity index (χ4n) is 1.70. The monoisotopic (exact) mass is 226 g/mol. The number of nitrogens with zero attached hydrogens (tertiary/aromatic N) is 2. The van der Waals surface area contributed by atoms with Gasteiger partial charge < -0.3 is 9.67 Å². The molecule has 0 aliphatic rings. The number of nitriles is 1. The van der Waals surface area contributed by atoms with Crippen LogP contribution in [0.5, 0.6) is 0 Å². The third kappa shape index (κ3) is 1.91. The van der Waals surface area contributed by atoms with Crippen LogP contribution in [0.3, 0.4) is 0 Å². The molecule has 4 heteroatoms. The average molecular weight is 226 g/mol. The highest BCUT2D eigenvalue weighted by Crippen LogP contribution is 2.19. The molecule has 1 aromatic carbocycles. The van der Waals surface area contributed by atoms with Gasteiger partial charge in [-0.3, -0.25) is 0 Å². The van der Waals surface area contributed by atoms with E-state index in [-0.39, 0.29) is 5.56 Å². The molecule has 4 nitrogen and oxygen atoms in total. The number of benzene rings is 1. The van der Waals surface area contributed by atoms with Crippen molar-refractivity contribution < 1.29 is 9.90 Å². The fraction of sp³-hybridized carbons (Fsp3) is 0.0769. The molecule has 0 spiro atoms. The third-order valence-electron chi connectivity index (χ3n) is 2.51. The van der Waals surface area contributed by atoms with Crippen molar-refractivity contribution in [3.8, 4) is 11.8 Å². The summed E-state index contributed by atoms with van der Waals surface area (Å²) in [5, 5.41) is 18.1. The van der Waals surface area contributed by atoms with E-state index in [4.69, 9.17) is 10.4 Å². The van der Waals surface area contributed by atoms with Crippen molar-refractivity contribution in [2.75, 3.05) is 0 Å². The van der Waals surface area contributed by atoms with E-state index in [1.807, 2.05) is 13.0 Å². The second-order valence-corrected chi connectivity index (χ2v) is 3.70. The van der Waals surface area contributed by atoms with E-state index >= 15 is 0 Å². The Labute approximate surface area is 98.4 Å². The molecule has 0 saturated heterocycles. The molecule has 2 rings (SSSR count). The van der Waals surface area contributed by atoms with Crippen molar-refractivity contribution in [2.45, 2.75) is 6.92 Å². The Morgan fingerprint density at radius 2 is 2.18 bits per heavy atom. The van der Waals surface area contributed by atoms with Crippen molar-refractivity contribution in [3.63, 3.8) is 0 Å². The van der Waals surface area contributed by atoms with E-state index in [1.54, 1.807) is 41.1 Å². The summed E-state index contributed by atoms with van der Waals surface area (Å²) in [7, 11) is 0. The molecule has 2 aromatic rings. The molecule has 1 aromatic heterocycles. The Morgan fingerprint density at radius 3 is 2.82 bits per heavy atom. The van der Waals surface area contributed by atoms with Crippen molar-refractivity contribution >= 4 is 5.97 Å². The average Bonchev–Trinajstić information content (AvgIpc) is 2.76. The first kappa shape index (κ1) is 11.0. The summed E-state index contributed by atoms with van der Waals surface area (Å²) in [5.74, 6) is -1.00. The molecule has 0 aliphatic carbocycles. The smallest absolute Gasteiger partial charge is 0.337 e. The molecule has 0 bridgehead atoms. The van der Waals surface area contributed by atoms with Gasteiger partial charge in [0, 0.05) is 6.20 Å². The molecule has 1 N–H and O–H groups in total. The summed E-state index contributed by atoms with van der Waals surface area (Å²) in [5.41, 5.74) is 2.06. The highest BCUT2D eigenvalue weighted by atomic mass is 16.4. The molecule has 0 saturated carbocycles. The summed E-state index contributed by atoms with van der Waals surface area (Å²) in [6.07, 6.45) is 1.68.